The Bertz CT molecular complexity index is 905. The largest absolute Gasteiger partial charge is 0.335 e. The second-order valence-electron chi connectivity index (χ2n) is 6.61. The number of aryl methyl sites for hydroxylation is 1. The number of nitrogens with zero attached hydrogens (tertiary/aromatic N) is 5. The van der Waals surface area contributed by atoms with Gasteiger partial charge in [-0.1, -0.05) is 6.07 Å². The van der Waals surface area contributed by atoms with Crippen molar-refractivity contribution in [1.82, 2.24) is 24.6 Å². The molecule has 0 N–H and O–H groups in total. The molecule has 0 saturated carbocycles. The Kier molecular flexibility index (Phi) is 3.41. The summed E-state index contributed by atoms with van der Waals surface area (Å²) in [6.07, 6.45) is 5.56. The first-order chi connectivity index (χ1) is 12.3. The molecule has 0 radical (unpaired) electrons. The summed E-state index contributed by atoms with van der Waals surface area (Å²) in [5.41, 5.74) is 0.977. The smallest absolute Gasteiger partial charge is 0.263 e. The number of carbonyl (C=O) groups excluding carboxylic acids is 1. The summed E-state index contributed by atoms with van der Waals surface area (Å²) in [7, 11) is 0. The second-order valence-corrected chi connectivity index (χ2v) is 7.55. The minimum absolute atomic E-state index is 0.141. The Morgan fingerprint density at radius 2 is 2.16 bits per heavy atom. The van der Waals surface area contributed by atoms with Gasteiger partial charge in [-0.05, 0) is 35.9 Å². The van der Waals surface area contributed by atoms with Gasteiger partial charge in [0.15, 0.2) is 5.82 Å². The van der Waals surface area contributed by atoms with E-state index < -0.39 is 0 Å². The average molecular weight is 351 g/mol. The molecule has 3 aromatic heterocycles. The third-order valence-electron chi connectivity index (χ3n) is 5.18. The van der Waals surface area contributed by atoms with Crippen molar-refractivity contribution >= 4 is 17.2 Å². The number of hydrogen-bond acceptors (Lipinski definition) is 5. The Morgan fingerprint density at radius 1 is 1.20 bits per heavy atom. The Morgan fingerprint density at radius 3 is 2.96 bits per heavy atom. The molecule has 2 aliphatic heterocycles. The molecular weight excluding hydrogens is 334 g/mol. The second kappa shape index (κ2) is 5.77. The number of aromatic nitrogens is 4. The van der Waals surface area contributed by atoms with Crippen molar-refractivity contribution in [1.29, 1.82) is 0 Å². The molecule has 0 aliphatic carbocycles. The molecule has 1 amide bonds. The zero-order valence-electron chi connectivity index (χ0n) is 13.6. The van der Waals surface area contributed by atoms with Gasteiger partial charge in [0.1, 0.15) is 5.82 Å². The molecule has 6 nitrogen and oxygen atoms in total. The van der Waals surface area contributed by atoms with E-state index in [1.807, 2.05) is 40.7 Å². The van der Waals surface area contributed by atoms with Gasteiger partial charge in [-0.3, -0.25) is 9.78 Å². The van der Waals surface area contributed by atoms with Crippen LogP contribution in [-0.4, -0.2) is 43.6 Å². The number of likely N-dealkylation sites (tertiary alicyclic amines) is 1. The first-order valence-corrected chi connectivity index (χ1v) is 9.36. The number of thiophene rings is 1. The highest BCUT2D eigenvalue weighted by Gasteiger charge is 2.41. The first-order valence-electron chi connectivity index (χ1n) is 8.48. The van der Waals surface area contributed by atoms with E-state index in [1.165, 1.54) is 11.3 Å². The van der Waals surface area contributed by atoms with Crippen molar-refractivity contribution < 1.29 is 4.79 Å². The van der Waals surface area contributed by atoms with Crippen LogP contribution >= 0.6 is 11.3 Å². The van der Waals surface area contributed by atoms with E-state index in [0.717, 1.165) is 48.0 Å². The van der Waals surface area contributed by atoms with Gasteiger partial charge >= 0.3 is 0 Å². The topological polar surface area (TPSA) is 63.9 Å². The molecule has 1 fully saturated rings. The lowest BCUT2D eigenvalue weighted by Gasteiger charge is -2.27. The summed E-state index contributed by atoms with van der Waals surface area (Å²) in [5.74, 6) is 2.48. The highest BCUT2D eigenvalue weighted by Crippen LogP contribution is 2.39. The van der Waals surface area contributed by atoms with Crippen LogP contribution in [0.3, 0.4) is 0 Å². The molecule has 3 aromatic rings. The predicted octanol–water partition coefficient (Wildman–Crippen LogP) is 2.66. The standard InChI is InChI=1S/C18H17N5OS/c24-18(15-4-2-8-25-15)22-10-13-5-6-16-20-21-17(23(16)14(13)11-22)12-3-1-7-19-9-12/h1-4,7-9,13-14H,5-6,10-11H2/t13-,14+/m1/s1. The molecule has 0 aromatic carbocycles. The summed E-state index contributed by atoms with van der Waals surface area (Å²) in [4.78, 5) is 19.8. The molecule has 1 saturated heterocycles. The van der Waals surface area contributed by atoms with Crippen molar-refractivity contribution in [2.45, 2.75) is 18.9 Å². The average Bonchev–Trinajstić information content (AvgIpc) is 3.39. The van der Waals surface area contributed by atoms with Gasteiger partial charge in [-0.2, -0.15) is 0 Å². The normalized spacial score (nSPS) is 21.8. The van der Waals surface area contributed by atoms with Crippen LogP contribution in [0.2, 0.25) is 0 Å². The van der Waals surface area contributed by atoms with E-state index in [4.69, 9.17) is 0 Å². The molecule has 0 bridgehead atoms. The van der Waals surface area contributed by atoms with Gasteiger partial charge in [0.05, 0.1) is 10.9 Å². The molecule has 5 heterocycles. The van der Waals surface area contributed by atoms with E-state index in [0.29, 0.717) is 5.92 Å². The maximum absolute atomic E-state index is 12.7. The summed E-state index contributed by atoms with van der Waals surface area (Å²) in [6.45, 7) is 1.53. The zero-order chi connectivity index (χ0) is 16.8. The Hall–Kier alpha value is -2.54. The molecule has 5 rings (SSSR count). The highest BCUT2D eigenvalue weighted by molar-refractivity contribution is 7.12. The summed E-state index contributed by atoms with van der Waals surface area (Å²) < 4.78 is 2.24. The minimum atomic E-state index is 0.141. The molecule has 7 heteroatoms. The van der Waals surface area contributed by atoms with Gasteiger partial charge in [0, 0.05) is 37.5 Å². The van der Waals surface area contributed by atoms with Gasteiger partial charge in [-0.15, -0.1) is 21.5 Å². The first kappa shape index (κ1) is 14.8. The molecular formula is C18H17N5OS. The van der Waals surface area contributed by atoms with Crippen LogP contribution in [0.1, 0.15) is 28.0 Å². The molecule has 126 valence electrons. The van der Waals surface area contributed by atoms with E-state index in [2.05, 4.69) is 19.7 Å². The van der Waals surface area contributed by atoms with Crippen LogP contribution < -0.4 is 0 Å². The van der Waals surface area contributed by atoms with Crippen molar-refractivity contribution in [2.75, 3.05) is 13.1 Å². The summed E-state index contributed by atoms with van der Waals surface area (Å²) >= 11 is 1.51. The zero-order valence-corrected chi connectivity index (χ0v) is 14.4. The number of amides is 1. The van der Waals surface area contributed by atoms with Crippen LogP contribution in [0.5, 0.6) is 0 Å². The highest BCUT2D eigenvalue weighted by atomic mass is 32.1. The summed E-state index contributed by atoms with van der Waals surface area (Å²) in [5, 5.41) is 10.8. The van der Waals surface area contributed by atoms with Crippen LogP contribution in [0.4, 0.5) is 0 Å². The lowest BCUT2D eigenvalue weighted by Crippen LogP contribution is -2.28. The third-order valence-corrected chi connectivity index (χ3v) is 6.04. The Labute approximate surface area is 149 Å². The number of pyridine rings is 1. The van der Waals surface area contributed by atoms with E-state index in [1.54, 1.807) is 6.20 Å². The summed E-state index contributed by atoms with van der Waals surface area (Å²) in [6, 6.07) is 8.01. The third kappa shape index (κ3) is 2.38. The maximum Gasteiger partial charge on any atom is 0.263 e. The number of fused-ring (bicyclic) bond motifs is 3. The van der Waals surface area contributed by atoms with Crippen LogP contribution in [-0.2, 0) is 6.42 Å². The number of rotatable bonds is 2. The fraction of sp³-hybridized carbons (Fsp3) is 0.333. The monoisotopic (exact) mass is 351 g/mol. The molecule has 25 heavy (non-hydrogen) atoms. The fourth-order valence-corrected chi connectivity index (χ4v) is 4.69. The fourth-order valence-electron chi connectivity index (χ4n) is 4.00. The van der Waals surface area contributed by atoms with Gasteiger partial charge in [0.25, 0.3) is 5.91 Å². The quantitative estimate of drug-likeness (QED) is 0.712. The van der Waals surface area contributed by atoms with Gasteiger partial charge in [-0.25, -0.2) is 0 Å². The van der Waals surface area contributed by atoms with Crippen molar-refractivity contribution in [3.63, 3.8) is 0 Å². The molecule has 2 aliphatic rings. The molecule has 0 spiro atoms. The lowest BCUT2D eigenvalue weighted by atomic mass is 9.93. The predicted molar refractivity (Wildman–Crippen MR) is 94.3 cm³/mol. The number of carbonyl (C=O) groups is 1. The van der Waals surface area contributed by atoms with Crippen molar-refractivity contribution in [3.05, 3.63) is 52.7 Å². The number of hydrogen-bond donors (Lipinski definition) is 0. The van der Waals surface area contributed by atoms with Crippen molar-refractivity contribution in [2.24, 2.45) is 5.92 Å². The Balaban J connectivity index is 1.49. The lowest BCUT2D eigenvalue weighted by molar-refractivity contribution is 0.0789. The van der Waals surface area contributed by atoms with Crippen molar-refractivity contribution in [3.8, 4) is 11.4 Å². The maximum atomic E-state index is 12.7. The van der Waals surface area contributed by atoms with Crippen LogP contribution in [0, 0.1) is 5.92 Å². The molecule has 2 atom stereocenters. The SMILES string of the molecule is O=C(c1cccs1)N1C[C@H]2CCc3nnc(-c4cccnc4)n3[C@H]2C1. The minimum Gasteiger partial charge on any atom is -0.335 e. The van der Waals surface area contributed by atoms with Gasteiger partial charge < -0.3 is 9.47 Å². The van der Waals surface area contributed by atoms with E-state index in [9.17, 15) is 4.79 Å². The van der Waals surface area contributed by atoms with Crippen LogP contribution in [0.15, 0.2) is 42.0 Å². The van der Waals surface area contributed by atoms with Gasteiger partial charge in [0.2, 0.25) is 0 Å². The van der Waals surface area contributed by atoms with Crippen LogP contribution in [0.25, 0.3) is 11.4 Å². The molecule has 0 unspecified atom stereocenters. The van der Waals surface area contributed by atoms with E-state index in [-0.39, 0.29) is 11.9 Å². The van der Waals surface area contributed by atoms with E-state index >= 15 is 0 Å².